The zero-order valence-corrected chi connectivity index (χ0v) is 37.6. The smallest absolute Gasteiger partial charge is 0.246 e. The molecule has 0 heterocycles. The Morgan fingerprint density at radius 1 is 0.322 bits per heavy atom. The van der Waals surface area contributed by atoms with Gasteiger partial charge < -0.3 is 64.0 Å². The number of rotatable bonds is 36. The summed E-state index contributed by atoms with van der Waals surface area (Å²) in [4.78, 5) is 75.4. The van der Waals surface area contributed by atoms with Crippen LogP contribution in [0.3, 0.4) is 0 Å². The van der Waals surface area contributed by atoms with Crippen LogP contribution in [0.1, 0.15) is 107 Å². The van der Waals surface area contributed by atoms with Crippen molar-refractivity contribution in [2.75, 3.05) is 119 Å². The van der Waals surface area contributed by atoms with E-state index in [0.717, 1.165) is 45.5 Å². The predicted octanol–water partition coefficient (Wildman–Crippen LogP) is 2.51. The van der Waals surface area contributed by atoms with Crippen LogP contribution >= 0.6 is 0 Å². The monoisotopic (exact) mass is 853 g/mol. The fourth-order valence-corrected chi connectivity index (χ4v) is 3.61. The van der Waals surface area contributed by atoms with Gasteiger partial charge in [0, 0.05) is 85.2 Å². The molecule has 0 aliphatic heterocycles. The fraction of sp³-hybridized carbons (Fsp3) is 0.829. The first kappa shape index (κ1) is 62.3. The third-order valence-corrected chi connectivity index (χ3v) is 6.41. The Morgan fingerprint density at radius 3 is 0.932 bits per heavy atom. The van der Waals surface area contributed by atoms with Crippen LogP contribution in [-0.4, -0.2) is 160 Å². The molecule has 0 rings (SSSR count). The first-order valence-electron chi connectivity index (χ1n) is 20.8. The van der Waals surface area contributed by atoms with Gasteiger partial charge in [0.25, 0.3) is 0 Å². The van der Waals surface area contributed by atoms with Gasteiger partial charge >= 0.3 is 0 Å². The molecule has 0 saturated carbocycles. The summed E-state index contributed by atoms with van der Waals surface area (Å²) in [5.41, 5.74) is 0. The van der Waals surface area contributed by atoms with E-state index in [4.69, 9.17) is 33.2 Å². The highest BCUT2D eigenvalue weighted by molar-refractivity contribution is 5.84. The topological polar surface area (TPSA) is 232 Å². The van der Waals surface area contributed by atoms with Crippen molar-refractivity contribution in [3.05, 3.63) is 0 Å². The number of Topliss-reactive ketones (excluding diaryl/α,β-unsaturated/α-hetero) is 3. The number of hydrogen-bond acceptors (Lipinski definition) is 14. The first-order chi connectivity index (χ1) is 28.3. The van der Waals surface area contributed by atoms with E-state index in [2.05, 4.69) is 35.1 Å². The largest absolute Gasteiger partial charge is 0.380 e. The number of ether oxygens (including phenoxy) is 7. The number of ketones is 3. The van der Waals surface area contributed by atoms with Crippen molar-refractivity contribution in [3.8, 4) is 0 Å². The van der Waals surface area contributed by atoms with Crippen LogP contribution in [0.2, 0.25) is 0 Å². The summed E-state index contributed by atoms with van der Waals surface area (Å²) in [6.45, 7) is 23.4. The van der Waals surface area contributed by atoms with Crippen molar-refractivity contribution in [1.29, 1.82) is 0 Å². The number of nitrogens with one attached hydrogen (secondary N) is 4. The molecule has 4 amide bonds. The second kappa shape index (κ2) is 52.6. The van der Waals surface area contributed by atoms with Crippen molar-refractivity contribution in [1.82, 2.24) is 21.3 Å². The van der Waals surface area contributed by atoms with Crippen LogP contribution in [0.5, 0.6) is 0 Å². The van der Waals surface area contributed by atoms with Gasteiger partial charge in [0.1, 0.15) is 24.8 Å². The van der Waals surface area contributed by atoms with Gasteiger partial charge in [0.2, 0.25) is 23.6 Å². The summed E-state index contributed by atoms with van der Waals surface area (Å²) >= 11 is 0. The van der Waals surface area contributed by atoms with Crippen molar-refractivity contribution in [2.24, 2.45) is 0 Å². The lowest BCUT2D eigenvalue weighted by molar-refractivity contribution is -0.129. The SMILES string of the molecule is CCCOCCNC(=O)CCC(C)=O.CCCOCCNC(=O)COCC(C)=O.CCCOCCOCCNC(=O)CCC(C)=O.CCCOCCOCCNC(C)=O. The van der Waals surface area contributed by atoms with Crippen molar-refractivity contribution in [3.63, 3.8) is 0 Å². The lowest BCUT2D eigenvalue weighted by atomic mass is 10.2. The molecule has 0 aromatic heterocycles. The van der Waals surface area contributed by atoms with Gasteiger partial charge in [-0.3, -0.25) is 24.0 Å². The maximum absolute atomic E-state index is 11.2. The van der Waals surface area contributed by atoms with E-state index in [-0.39, 0.29) is 67.0 Å². The Bertz CT molecular complexity index is 1030. The molecule has 0 radical (unpaired) electrons. The average Bonchev–Trinajstić information content (AvgIpc) is 3.18. The first-order valence-corrected chi connectivity index (χ1v) is 20.8. The molecular formula is C41H80N4O14. The zero-order valence-electron chi connectivity index (χ0n) is 37.6. The van der Waals surface area contributed by atoms with E-state index in [1.165, 1.54) is 27.7 Å². The van der Waals surface area contributed by atoms with Crippen molar-refractivity contribution < 1.29 is 66.7 Å². The van der Waals surface area contributed by atoms with Crippen LogP contribution in [-0.2, 0) is 66.7 Å². The minimum absolute atomic E-state index is 0.0141. The molecule has 0 aliphatic rings. The summed E-state index contributed by atoms with van der Waals surface area (Å²) in [6, 6.07) is 0. The molecular weight excluding hydrogens is 772 g/mol. The Morgan fingerprint density at radius 2 is 0.627 bits per heavy atom. The number of carbonyl (C=O) groups is 7. The minimum Gasteiger partial charge on any atom is -0.380 e. The van der Waals surface area contributed by atoms with Crippen molar-refractivity contribution in [2.45, 2.75) is 107 Å². The molecule has 0 spiro atoms. The quantitative estimate of drug-likeness (QED) is 0.0664. The molecule has 0 saturated heterocycles. The highest BCUT2D eigenvalue weighted by Crippen LogP contribution is 1.91. The maximum Gasteiger partial charge on any atom is 0.246 e. The molecule has 0 bridgehead atoms. The fourth-order valence-electron chi connectivity index (χ4n) is 3.61. The highest BCUT2D eigenvalue weighted by atomic mass is 16.5. The van der Waals surface area contributed by atoms with E-state index < -0.39 is 0 Å². The lowest BCUT2D eigenvalue weighted by Gasteiger charge is -2.06. The van der Waals surface area contributed by atoms with Gasteiger partial charge in [-0.15, -0.1) is 0 Å². The van der Waals surface area contributed by atoms with E-state index in [9.17, 15) is 33.6 Å². The number of carbonyl (C=O) groups excluding carboxylic acids is 7. The van der Waals surface area contributed by atoms with E-state index in [0.29, 0.717) is 98.5 Å². The Hall–Kier alpha value is -3.39. The molecule has 0 fully saturated rings. The van der Waals surface area contributed by atoms with E-state index >= 15 is 0 Å². The van der Waals surface area contributed by atoms with Gasteiger partial charge in [0.15, 0.2) is 5.78 Å². The highest BCUT2D eigenvalue weighted by Gasteiger charge is 2.04. The maximum atomic E-state index is 11.2. The van der Waals surface area contributed by atoms with Gasteiger partial charge in [-0.1, -0.05) is 27.7 Å². The summed E-state index contributed by atoms with van der Waals surface area (Å²) < 4.78 is 36.0. The minimum atomic E-state index is -0.226. The normalized spacial score (nSPS) is 10.0. The van der Waals surface area contributed by atoms with Gasteiger partial charge in [-0.05, 0) is 46.5 Å². The van der Waals surface area contributed by atoms with Gasteiger partial charge in [0.05, 0.1) is 52.9 Å². The average molecular weight is 853 g/mol. The van der Waals surface area contributed by atoms with Crippen molar-refractivity contribution >= 4 is 41.0 Å². The predicted molar refractivity (Wildman–Crippen MR) is 225 cm³/mol. The molecule has 0 atom stereocenters. The van der Waals surface area contributed by atoms with Gasteiger partial charge in [-0.2, -0.15) is 0 Å². The molecule has 0 aliphatic carbocycles. The lowest BCUT2D eigenvalue weighted by Crippen LogP contribution is -2.31. The zero-order chi connectivity index (χ0) is 45.2. The Balaban J connectivity index is -0.000000343. The Labute approximate surface area is 353 Å². The van der Waals surface area contributed by atoms with E-state index in [1.807, 2.05) is 13.8 Å². The standard InChI is InChI=1S/C12H23NO4.C10H19NO4.C10H19NO3.C9H19NO3/c1-3-7-16-9-10-17-8-6-13-12(15)5-4-11(2)14;1-3-5-14-6-4-11-10(13)8-15-7-9(2)12;1-3-7-14-8-6-11-10(13)5-4-9(2)12;1-3-5-12-7-8-13-6-4-10-9(2)11/h3-10H2,1-2H3,(H,13,15);3-8H2,1-2H3,(H,11,13);3-8H2,1-2H3,(H,11,13);3-8H2,1-2H3,(H,10,11). The van der Waals surface area contributed by atoms with Crippen LogP contribution in [0, 0.1) is 0 Å². The number of amides is 4. The second-order valence-electron chi connectivity index (χ2n) is 12.8. The summed E-state index contributed by atoms with van der Waals surface area (Å²) in [5, 5.41) is 10.6. The Kier molecular flexibility index (Phi) is 55.5. The molecule has 4 N–H and O–H groups in total. The second-order valence-corrected chi connectivity index (χ2v) is 12.8. The molecule has 59 heavy (non-hydrogen) atoms. The van der Waals surface area contributed by atoms with Crippen LogP contribution in [0.25, 0.3) is 0 Å². The summed E-state index contributed by atoms with van der Waals surface area (Å²) in [6.07, 6.45) is 5.16. The summed E-state index contributed by atoms with van der Waals surface area (Å²) in [7, 11) is 0. The van der Waals surface area contributed by atoms with Crippen LogP contribution < -0.4 is 21.3 Å². The number of hydrogen-bond donors (Lipinski definition) is 4. The summed E-state index contributed by atoms with van der Waals surface area (Å²) in [5.74, 6) is -0.450. The molecule has 0 aromatic carbocycles. The third kappa shape index (κ3) is 69.6. The molecule has 0 aromatic rings. The molecule has 0 unspecified atom stereocenters. The van der Waals surface area contributed by atoms with Crippen LogP contribution in [0.4, 0.5) is 0 Å². The third-order valence-electron chi connectivity index (χ3n) is 6.41. The molecule has 348 valence electrons. The van der Waals surface area contributed by atoms with Gasteiger partial charge in [-0.25, -0.2) is 0 Å². The molecule has 18 heteroatoms. The van der Waals surface area contributed by atoms with Crippen LogP contribution in [0.15, 0.2) is 0 Å². The molecule has 18 nitrogen and oxygen atoms in total. The van der Waals surface area contributed by atoms with E-state index in [1.54, 1.807) is 0 Å².